The SMILES string of the molecule is Cc1ncsc1-c1ccc(C(C)NC(=O)[C@@H]2C[C@@H](O)CN2C(=O)C(NC(=O)CCCCN=[N+]=[N-])C(C)(C)C)cc1. The van der Waals surface area contributed by atoms with Crippen molar-refractivity contribution in [2.24, 2.45) is 10.5 Å². The third kappa shape index (κ3) is 8.03. The Hall–Kier alpha value is -3.47. The van der Waals surface area contributed by atoms with Gasteiger partial charge in [0.1, 0.15) is 12.1 Å². The Labute approximate surface area is 239 Å². The Bertz CT molecular complexity index is 1230. The lowest BCUT2D eigenvalue weighted by Gasteiger charge is -2.35. The summed E-state index contributed by atoms with van der Waals surface area (Å²) in [7, 11) is 0. The third-order valence-corrected chi connectivity index (χ3v) is 8.01. The molecule has 1 aliphatic rings. The van der Waals surface area contributed by atoms with E-state index in [4.69, 9.17) is 5.53 Å². The fourth-order valence-corrected chi connectivity index (χ4v) is 5.57. The van der Waals surface area contributed by atoms with E-state index >= 15 is 0 Å². The maximum absolute atomic E-state index is 13.7. The van der Waals surface area contributed by atoms with Crippen molar-refractivity contribution in [2.75, 3.05) is 13.1 Å². The highest BCUT2D eigenvalue weighted by Gasteiger charge is 2.44. The van der Waals surface area contributed by atoms with Gasteiger partial charge in [-0.05, 0) is 48.8 Å². The molecular weight excluding hydrogens is 530 g/mol. The molecule has 1 aliphatic heterocycles. The number of unbranched alkanes of at least 4 members (excludes halogenated alkanes) is 1. The summed E-state index contributed by atoms with van der Waals surface area (Å²) in [5.74, 6) is -1.04. The van der Waals surface area contributed by atoms with Crippen LogP contribution in [0.4, 0.5) is 0 Å². The number of likely N-dealkylation sites (tertiary alicyclic amines) is 1. The maximum Gasteiger partial charge on any atom is 0.246 e. The number of rotatable bonds is 11. The topological polar surface area (TPSA) is 160 Å². The number of hydrogen-bond acceptors (Lipinski definition) is 7. The standard InChI is InChI=1S/C28H39N7O4S/c1-17(19-9-11-20(12-10-19)24-18(2)30-16-40-24)32-26(38)22-14-21(36)15-35(22)27(39)25(28(3,4)5)33-23(37)8-6-7-13-31-34-29/h9-12,16-17,21-22,25,36H,6-8,13-15H2,1-5H3,(H,32,38)(H,33,37)/t17?,21-,22+,25?/m1/s1. The van der Waals surface area contributed by atoms with E-state index in [2.05, 4.69) is 25.6 Å². The molecule has 1 aromatic heterocycles. The van der Waals surface area contributed by atoms with E-state index in [9.17, 15) is 19.5 Å². The normalized spacial score (nSPS) is 18.5. The predicted octanol–water partition coefficient (Wildman–Crippen LogP) is 4.27. The van der Waals surface area contributed by atoms with Crippen molar-refractivity contribution < 1.29 is 19.5 Å². The Morgan fingerprint density at radius 2 is 1.93 bits per heavy atom. The largest absolute Gasteiger partial charge is 0.391 e. The van der Waals surface area contributed by atoms with Gasteiger partial charge < -0.3 is 20.6 Å². The molecule has 4 atom stereocenters. The summed E-state index contributed by atoms with van der Waals surface area (Å²) >= 11 is 1.58. The first-order valence-corrected chi connectivity index (χ1v) is 14.4. The van der Waals surface area contributed by atoms with E-state index in [-0.39, 0.29) is 37.2 Å². The van der Waals surface area contributed by atoms with Gasteiger partial charge >= 0.3 is 0 Å². The minimum atomic E-state index is -0.877. The van der Waals surface area contributed by atoms with Gasteiger partial charge in [-0.3, -0.25) is 14.4 Å². The number of benzene rings is 1. The number of amides is 3. The summed E-state index contributed by atoms with van der Waals surface area (Å²) in [5, 5.41) is 19.7. The number of aliphatic hydroxyl groups excluding tert-OH is 1. The van der Waals surface area contributed by atoms with Gasteiger partial charge in [0, 0.05) is 30.8 Å². The van der Waals surface area contributed by atoms with E-state index in [1.165, 1.54) is 4.90 Å². The van der Waals surface area contributed by atoms with Crippen molar-refractivity contribution >= 4 is 29.1 Å². The molecule has 0 saturated carbocycles. The molecule has 2 aromatic rings. The molecule has 12 heteroatoms. The number of carbonyl (C=O) groups is 3. The van der Waals surface area contributed by atoms with Crippen LogP contribution in [-0.4, -0.2) is 64.0 Å². The first kappa shape index (κ1) is 31.1. The molecule has 216 valence electrons. The number of azide groups is 1. The van der Waals surface area contributed by atoms with Crippen molar-refractivity contribution in [3.63, 3.8) is 0 Å². The molecule has 40 heavy (non-hydrogen) atoms. The highest BCUT2D eigenvalue weighted by Crippen LogP contribution is 2.29. The number of hydrogen-bond donors (Lipinski definition) is 3. The van der Waals surface area contributed by atoms with E-state index < -0.39 is 29.5 Å². The van der Waals surface area contributed by atoms with Gasteiger partial charge in [0.15, 0.2) is 0 Å². The quantitative estimate of drug-likeness (QED) is 0.159. The Kier molecular flexibility index (Phi) is 10.7. The van der Waals surface area contributed by atoms with Gasteiger partial charge in [-0.15, -0.1) is 11.3 Å². The minimum Gasteiger partial charge on any atom is -0.391 e. The Balaban J connectivity index is 1.67. The number of aliphatic hydroxyl groups is 1. The lowest BCUT2D eigenvalue weighted by atomic mass is 9.85. The van der Waals surface area contributed by atoms with Gasteiger partial charge in [-0.1, -0.05) is 50.2 Å². The van der Waals surface area contributed by atoms with Crippen molar-refractivity contribution in [1.82, 2.24) is 20.5 Å². The van der Waals surface area contributed by atoms with E-state index in [1.807, 2.05) is 64.4 Å². The van der Waals surface area contributed by atoms with Gasteiger partial charge in [0.2, 0.25) is 17.7 Å². The van der Waals surface area contributed by atoms with E-state index in [0.717, 1.165) is 21.7 Å². The summed E-state index contributed by atoms with van der Waals surface area (Å²) in [6.45, 7) is 9.71. The van der Waals surface area contributed by atoms with Crippen LogP contribution in [0.3, 0.4) is 0 Å². The second kappa shape index (κ2) is 13.7. The lowest BCUT2D eigenvalue weighted by Crippen LogP contribution is -2.57. The van der Waals surface area contributed by atoms with Crippen LogP contribution in [0.5, 0.6) is 0 Å². The average Bonchev–Trinajstić information content (AvgIpc) is 3.51. The number of carbonyl (C=O) groups excluding carboxylic acids is 3. The Morgan fingerprint density at radius 3 is 2.52 bits per heavy atom. The van der Waals surface area contributed by atoms with Crippen LogP contribution in [0.25, 0.3) is 20.9 Å². The summed E-state index contributed by atoms with van der Waals surface area (Å²) in [4.78, 5) is 49.2. The third-order valence-electron chi connectivity index (χ3n) is 7.04. The molecule has 3 rings (SSSR count). The first-order chi connectivity index (χ1) is 18.9. The van der Waals surface area contributed by atoms with Crippen LogP contribution in [0.1, 0.15) is 70.7 Å². The molecule has 3 amide bonds. The Morgan fingerprint density at radius 1 is 1.23 bits per heavy atom. The van der Waals surface area contributed by atoms with Gasteiger partial charge in [0.05, 0.1) is 28.2 Å². The highest BCUT2D eigenvalue weighted by atomic mass is 32.1. The highest BCUT2D eigenvalue weighted by molar-refractivity contribution is 7.13. The number of aromatic nitrogens is 1. The molecule has 2 unspecified atom stereocenters. The van der Waals surface area contributed by atoms with Gasteiger partial charge in [-0.25, -0.2) is 4.98 Å². The molecule has 0 spiro atoms. The number of thiazole rings is 1. The van der Waals surface area contributed by atoms with Crippen LogP contribution in [-0.2, 0) is 14.4 Å². The molecule has 1 aromatic carbocycles. The van der Waals surface area contributed by atoms with Crippen molar-refractivity contribution in [2.45, 2.75) is 84.5 Å². The molecule has 2 heterocycles. The molecule has 0 radical (unpaired) electrons. The number of nitrogens with zero attached hydrogens (tertiary/aromatic N) is 5. The minimum absolute atomic E-state index is 0.0167. The number of aryl methyl sites for hydroxylation is 1. The number of β-amino-alcohol motifs (C(OH)–C–C–N with tert-alkyl or cyclic N) is 1. The molecule has 1 fully saturated rings. The van der Waals surface area contributed by atoms with E-state index in [1.54, 1.807) is 11.3 Å². The first-order valence-electron chi connectivity index (χ1n) is 13.5. The second-order valence-corrected chi connectivity index (χ2v) is 12.1. The maximum atomic E-state index is 13.7. The molecule has 0 bridgehead atoms. The average molecular weight is 570 g/mol. The summed E-state index contributed by atoms with van der Waals surface area (Å²) in [6, 6.07) is 5.88. The summed E-state index contributed by atoms with van der Waals surface area (Å²) in [6.07, 6.45) is 0.558. The zero-order valence-corrected chi connectivity index (χ0v) is 24.6. The fraction of sp³-hybridized carbons (Fsp3) is 0.571. The second-order valence-electron chi connectivity index (χ2n) is 11.3. The van der Waals surface area contributed by atoms with Crippen LogP contribution >= 0.6 is 11.3 Å². The fourth-order valence-electron chi connectivity index (χ4n) is 4.76. The van der Waals surface area contributed by atoms with Gasteiger partial charge in [-0.2, -0.15) is 0 Å². The van der Waals surface area contributed by atoms with Crippen molar-refractivity contribution in [3.8, 4) is 10.4 Å². The monoisotopic (exact) mass is 569 g/mol. The number of nitrogens with one attached hydrogen (secondary N) is 2. The van der Waals surface area contributed by atoms with Crippen LogP contribution < -0.4 is 10.6 Å². The zero-order valence-electron chi connectivity index (χ0n) is 23.8. The van der Waals surface area contributed by atoms with Crippen molar-refractivity contribution in [3.05, 3.63) is 51.5 Å². The van der Waals surface area contributed by atoms with Crippen LogP contribution in [0, 0.1) is 12.3 Å². The van der Waals surface area contributed by atoms with Gasteiger partial charge in [0.25, 0.3) is 0 Å². The van der Waals surface area contributed by atoms with Crippen LogP contribution in [0.15, 0.2) is 34.9 Å². The lowest BCUT2D eigenvalue weighted by molar-refractivity contribution is -0.144. The predicted molar refractivity (Wildman–Crippen MR) is 154 cm³/mol. The zero-order chi connectivity index (χ0) is 29.4. The molecule has 1 saturated heterocycles. The molecule has 0 aliphatic carbocycles. The molecule has 11 nitrogen and oxygen atoms in total. The van der Waals surface area contributed by atoms with E-state index in [0.29, 0.717) is 19.4 Å². The van der Waals surface area contributed by atoms with Crippen LogP contribution in [0.2, 0.25) is 0 Å². The molecular formula is C28H39N7O4S. The van der Waals surface area contributed by atoms with Crippen molar-refractivity contribution in [1.29, 1.82) is 0 Å². The smallest absolute Gasteiger partial charge is 0.246 e. The summed E-state index contributed by atoms with van der Waals surface area (Å²) in [5.41, 5.74) is 12.5. The summed E-state index contributed by atoms with van der Waals surface area (Å²) < 4.78 is 0. The molecule has 3 N–H and O–H groups in total.